The molecule has 0 unspecified atom stereocenters. The standard InChI is InChI=1S/C15H21N3O/c1-15(2)11-4-3-10(12(15)9-11)5-7-16-14(19)13-6-8-17-18-13/h3,6,8,11-12H,4-5,7,9H2,1-2H3,(H,16,19)(H,17,18)/t11-,12-/m0/s1. The van der Waals surface area contributed by atoms with Crippen LogP contribution in [0.3, 0.4) is 0 Å². The molecule has 0 saturated heterocycles. The predicted octanol–water partition coefficient (Wildman–Crippen LogP) is 2.52. The van der Waals surface area contributed by atoms with E-state index >= 15 is 0 Å². The lowest BCUT2D eigenvalue weighted by molar-refractivity contribution is -0.00811. The fourth-order valence-corrected chi connectivity index (χ4v) is 3.56. The molecule has 0 radical (unpaired) electrons. The Bertz CT molecular complexity index is 501. The number of nitrogens with zero attached hydrogens (tertiary/aromatic N) is 1. The number of allylic oxidation sites excluding steroid dienone is 1. The van der Waals surface area contributed by atoms with Crippen molar-refractivity contribution < 1.29 is 4.79 Å². The molecule has 1 fully saturated rings. The summed E-state index contributed by atoms with van der Waals surface area (Å²) in [5.74, 6) is 1.54. The van der Waals surface area contributed by atoms with E-state index in [0.717, 1.165) is 18.3 Å². The van der Waals surface area contributed by atoms with Crippen molar-refractivity contribution in [3.05, 3.63) is 29.6 Å². The Morgan fingerprint density at radius 1 is 1.58 bits per heavy atom. The second-order valence-electron chi connectivity index (χ2n) is 6.30. The quantitative estimate of drug-likeness (QED) is 0.816. The highest BCUT2D eigenvalue weighted by atomic mass is 16.1. The number of carbonyl (C=O) groups excluding carboxylic acids is 1. The first-order valence-corrected chi connectivity index (χ1v) is 7.05. The van der Waals surface area contributed by atoms with Gasteiger partial charge in [-0.05, 0) is 42.6 Å². The Morgan fingerprint density at radius 2 is 2.42 bits per heavy atom. The Labute approximate surface area is 113 Å². The Kier molecular flexibility index (Phi) is 2.96. The minimum Gasteiger partial charge on any atom is -0.350 e. The molecule has 3 aliphatic rings. The van der Waals surface area contributed by atoms with Gasteiger partial charge in [0, 0.05) is 12.7 Å². The third kappa shape index (κ3) is 2.09. The Balaban J connectivity index is 1.51. The number of fused-ring (bicyclic) bond motifs is 1. The monoisotopic (exact) mass is 259 g/mol. The second kappa shape index (κ2) is 4.51. The summed E-state index contributed by atoms with van der Waals surface area (Å²) in [6.45, 7) is 5.46. The number of aromatic nitrogens is 2. The van der Waals surface area contributed by atoms with Crippen molar-refractivity contribution in [2.24, 2.45) is 17.3 Å². The third-order valence-electron chi connectivity index (χ3n) is 5.03. The SMILES string of the molecule is CC1(C)[C@H]2CC=C(CCNC(=O)c3ccn[nH]3)[C@@H]1C2. The van der Waals surface area contributed by atoms with Crippen molar-refractivity contribution >= 4 is 5.91 Å². The number of rotatable bonds is 4. The van der Waals surface area contributed by atoms with Gasteiger partial charge in [-0.1, -0.05) is 25.5 Å². The number of carbonyl (C=O) groups is 1. The predicted molar refractivity (Wildman–Crippen MR) is 73.6 cm³/mol. The van der Waals surface area contributed by atoms with Crippen LogP contribution < -0.4 is 5.32 Å². The third-order valence-corrected chi connectivity index (χ3v) is 5.03. The molecule has 4 rings (SSSR count). The minimum atomic E-state index is -0.0698. The molecule has 102 valence electrons. The van der Waals surface area contributed by atoms with E-state index in [0.29, 0.717) is 17.7 Å². The summed E-state index contributed by atoms with van der Waals surface area (Å²) >= 11 is 0. The maximum Gasteiger partial charge on any atom is 0.269 e. The summed E-state index contributed by atoms with van der Waals surface area (Å²) in [6, 6.07) is 1.69. The summed E-state index contributed by atoms with van der Waals surface area (Å²) in [5.41, 5.74) is 2.54. The molecule has 1 aromatic heterocycles. The van der Waals surface area contributed by atoms with E-state index in [2.05, 4.69) is 35.4 Å². The molecule has 1 heterocycles. The maximum atomic E-state index is 11.8. The number of H-pyrrole nitrogens is 1. The first-order valence-electron chi connectivity index (χ1n) is 7.05. The molecule has 0 aromatic carbocycles. The normalized spacial score (nSPS) is 27.4. The Hall–Kier alpha value is -1.58. The molecule has 1 saturated carbocycles. The van der Waals surface area contributed by atoms with Gasteiger partial charge in [0.2, 0.25) is 0 Å². The van der Waals surface area contributed by atoms with Gasteiger partial charge >= 0.3 is 0 Å². The molecule has 0 aliphatic heterocycles. The molecular weight excluding hydrogens is 238 g/mol. The topological polar surface area (TPSA) is 57.8 Å². The van der Waals surface area contributed by atoms with Gasteiger partial charge in [0.15, 0.2) is 0 Å². The van der Waals surface area contributed by atoms with Gasteiger partial charge in [-0.3, -0.25) is 9.89 Å². The van der Waals surface area contributed by atoms with Gasteiger partial charge in [-0.15, -0.1) is 0 Å². The second-order valence-corrected chi connectivity index (χ2v) is 6.30. The summed E-state index contributed by atoms with van der Waals surface area (Å²) in [4.78, 5) is 11.8. The maximum absolute atomic E-state index is 11.8. The zero-order chi connectivity index (χ0) is 13.5. The van der Waals surface area contributed by atoms with Gasteiger partial charge in [-0.25, -0.2) is 0 Å². The average molecular weight is 259 g/mol. The minimum absolute atomic E-state index is 0.0698. The van der Waals surface area contributed by atoms with Gasteiger partial charge in [0.1, 0.15) is 5.69 Å². The number of aromatic amines is 1. The molecule has 19 heavy (non-hydrogen) atoms. The van der Waals surface area contributed by atoms with Crippen LogP contribution in [0.1, 0.15) is 43.6 Å². The van der Waals surface area contributed by atoms with Crippen molar-refractivity contribution in [3.8, 4) is 0 Å². The van der Waals surface area contributed by atoms with Gasteiger partial charge in [0.05, 0.1) is 0 Å². The van der Waals surface area contributed by atoms with E-state index in [1.54, 1.807) is 12.3 Å². The fourth-order valence-electron chi connectivity index (χ4n) is 3.56. The van der Waals surface area contributed by atoms with Crippen LogP contribution in [0.15, 0.2) is 23.9 Å². The van der Waals surface area contributed by atoms with Crippen LogP contribution in [0.2, 0.25) is 0 Å². The van der Waals surface area contributed by atoms with Crippen molar-refractivity contribution in [1.82, 2.24) is 15.5 Å². The fraction of sp³-hybridized carbons (Fsp3) is 0.600. The highest BCUT2D eigenvalue weighted by Gasteiger charge is 2.50. The zero-order valence-electron chi connectivity index (χ0n) is 11.6. The van der Waals surface area contributed by atoms with Crippen LogP contribution in [-0.4, -0.2) is 22.6 Å². The van der Waals surface area contributed by atoms with Crippen molar-refractivity contribution in [3.63, 3.8) is 0 Å². The van der Waals surface area contributed by atoms with Crippen LogP contribution in [0.25, 0.3) is 0 Å². The van der Waals surface area contributed by atoms with Crippen LogP contribution in [0.4, 0.5) is 0 Å². The van der Waals surface area contributed by atoms with Crippen LogP contribution in [0.5, 0.6) is 0 Å². The van der Waals surface area contributed by atoms with Gasteiger partial charge in [-0.2, -0.15) is 5.10 Å². The van der Waals surface area contributed by atoms with Crippen molar-refractivity contribution in [1.29, 1.82) is 0 Å². The molecule has 4 heteroatoms. The molecule has 3 aliphatic carbocycles. The molecule has 2 N–H and O–H groups in total. The first-order chi connectivity index (χ1) is 9.09. The average Bonchev–Trinajstić information content (AvgIpc) is 2.92. The highest BCUT2D eigenvalue weighted by molar-refractivity contribution is 5.92. The van der Waals surface area contributed by atoms with Crippen LogP contribution in [-0.2, 0) is 0 Å². The van der Waals surface area contributed by atoms with E-state index in [4.69, 9.17) is 0 Å². The van der Waals surface area contributed by atoms with Crippen molar-refractivity contribution in [2.75, 3.05) is 6.54 Å². The molecule has 1 amide bonds. The number of hydrogen-bond donors (Lipinski definition) is 2. The van der Waals surface area contributed by atoms with E-state index in [1.165, 1.54) is 18.4 Å². The summed E-state index contributed by atoms with van der Waals surface area (Å²) in [7, 11) is 0. The largest absolute Gasteiger partial charge is 0.350 e. The summed E-state index contributed by atoms with van der Waals surface area (Å²) < 4.78 is 0. The first kappa shape index (κ1) is 12.5. The molecule has 2 bridgehead atoms. The lowest BCUT2D eigenvalue weighted by Gasteiger charge is -2.56. The molecule has 0 spiro atoms. The van der Waals surface area contributed by atoms with Gasteiger partial charge in [0.25, 0.3) is 5.91 Å². The summed E-state index contributed by atoms with van der Waals surface area (Å²) in [6.07, 6.45) is 7.52. The summed E-state index contributed by atoms with van der Waals surface area (Å²) in [5, 5.41) is 9.41. The highest BCUT2D eigenvalue weighted by Crippen LogP contribution is 2.59. The molecule has 2 atom stereocenters. The van der Waals surface area contributed by atoms with Gasteiger partial charge < -0.3 is 5.32 Å². The number of nitrogens with one attached hydrogen (secondary N) is 2. The van der Waals surface area contributed by atoms with E-state index in [1.807, 2.05) is 0 Å². The smallest absolute Gasteiger partial charge is 0.269 e. The Morgan fingerprint density at radius 3 is 3.05 bits per heavy atom. The van der Waals surface area contributed by atoms with E-state index in [9.17, 15) is 4.79 Å². The lowest BCUT2D eigenvalue weighted by atomic mass is 9.48. The lowest BCUT2D eigenvalue weighted by Crippen LogP contribution is -2.48. The number of amides is 1. The number of hydrogen-bond acceptors (Lipinski definition) is 2. The molecular formula is C15H21N3O. The van der Waals surface area contributed by atoms with Crippen molar-refractivity contribution in [2.45, 2.75) is 33.1 Å². The molecule has 1 aromatic rings. The van der Waals surface area contributed by atoms with E-state index < -0.39 is 0 Å². The van der Waals surface area contributed by atoms with E-state index in [-0.39, 0.29) is 5.91 Å². The van der Waals surface area contributed by atoms with Crippen LogP contribution >= 0.6 is 0 Å². The van der Waals surface area contributed by atoms with Crippen LogP contribution in [0, 0.1) is 17.3 Å². The molecule has 4 nitrogen and oxygen atoms in total. The zero-order valence-corrected chi connectivity index (χ0v) is 11.6.